The van der Waals surface area contributed by atoms with Crippen molar-refractivity contribution in [2.24, 2.45) is 11.3 Å². The van der Waals surface area contributed by atoms with Gasteiger partial charge in [0.25, 0.3) is 0 Å². The molecule has 0 bridgehead atoms. The van der Waals surface area contributed by atoms with Crippen LogP contribution in [0.4, 0.5) is 0 Å². The third-order valence-electron chi connectivity index (χ3n) is 2.79. The maximum Gasteiger partial charge on any atom is 0.223 e. The van der Waals surface area contributed by atoms with Crippen molar-refractivity contribution in [2.45, 2.75) is 73.3 Å². The smallest absolute Gasteiger partial charge is 0.223 e. The highest BCUT2D eigenvalue weighted by Gasteiger charge is 2.28. The van der Waals surface area contributed by atoms with Gasteiger partial charge in [-0.05, 0) is 38.5 Å². The Bertz CT molecular complexity index is 221. The topological polar surface area (TPSA) is 29.1 Å². The summed E-state index contributed by atoms with van der Waals surface area (Å²) in [5, 5.41) is 3.18. The Hall–Kier alpha value is -0.530. The lowest BCUT2D eigenvalue weighted by atomic mass is 9.81. The summed E-state index contributed by atoms with van der Waals surface area (Å²) in [4.78, 5) is 12.0. The average molecular weight is 227 g/mol. The molecule has 1 N–H and O–H groups in total. The number of hydrogen-bond acceptors (Lipinski definition) is 1. The first-order chi connectivity index (χ1) is 7.11. The molecule has 0 fully saturated rings. The lowest BCUT2D eigenvalue weighted by molar-refractivity contribution is -0.127. The maximum atomic E-state index is 12.0. The SMILES string of the molecule is CCC(CC)C(=O)NC(C)(C)CC(C)(C)C. The molecule has 0 aromatic carbocycles. The fourth-order valence-corrected chi connectivity index (χ4v) is 2.47. The minimum Gasteiger partial charge on any atom is -0.351 e. The molecule has 0 aliphatic carbocycles. The number of amides is 1. The van der Waals surface area contributed by atoms with Gasteiger partial charge < -0.3 is 5.32 Å². The Morgan fingerprint density at radius 3 is 1.81 bits per heavy atom. The molecule has 0 aliphatic rings. The van der Waals surface area contributed by atoms with Gasteiger partial charge in [0.05, 0.1) is 0 Å². The first-order valence-electron chi connectivity index (χ1n) is 6.43. The molecule has 16 heavy (non-hydrogen) atoms. The van der Waals surface area contributed by atoms with Gasteiger partial charge in [-0.25, -0.2) is 0 Å². The van der Waals surface area contributed by atoms with E-state index in [1.54, 1.807) is 0 Å². The van der Waals surface area contributed by atoms with E-state index in [-0.39, 0.29) is 22.8 Å². The Balaban J connectivity index is 4.41. The third kappa shape index (κ3) is 6.14. The monoisotopic (exact) mass is 227 g/mol. The highest BCUT2D eigenvalue weighted by molar-refractivity contribution is 5.79. The van der Waals surface area contributed by atoms with Crippen LogP contribution >= 0.6 is 0 Å². The molecule has 1 amide bonds. The minimum atomic E-state index is -0.113. The number of carbonyl (C=O) groups excluding carboxylic acids is 1. The normalized spacial score (nSPS) is 13.0. The summed E-state index contributed by atoms with van der Waals surface area (Å²) in [6.07, 6.45) is 2.84. The van der Waals surface area contributed by atoms with Crippen LogP contribution in [0.3, 0.4) is 0 Å². The molecule has 0 aromatic rings. The van der Waals surface area contributed by atoms with Crippen LogP contribution in [-0.4, -0.2) is 11.4 Å². The van der Waals surface area contributed by atoms with Crippen molar-refractivity contribution < 1.29 is 4.79 Å². The summed E-state index contributed by atoms with van der Waals surface area (Å²) in [6.45, 7) is 15.0. The fourth-order valence-electron chi connectivity index (χ4n) is 2.47. The first-order valence-corrected chi connectivity index (χ1v) is 6.43. The lowest BCUT2D eigenvalue weighted by Gasteiger charge is -2.34. The van der Waals surface area contributed by atoms with Gasteiger partial charge in [-0.2, -0.15) is 0 Å². The van der Waals surface area contributed by atoms with Crippen LogP contribution in [0, 0.1) is 11.3 Å². The molecule has 96 valence electrons. The van der Waals surface area contributed by atoms with E-state index < -0.39 is 0 Å². The van der Waals surface area contributed by atoms with E-state index in [9.17, 15) is 4.79 Å². The van der Waals surface area contributed by atoms with Gasteiger partial charge in [0.15, 0.2) is 0 Å². The second-order valence-electron chi connectivity index (χ2n) is 6.62. The molecule has 0 saturated carbocycles. The predicted molar refractivity (Wildman–Crippen MR) is 70.4 cm³/mol. The van der Waals surface area contributed by atoms with Crippen LogP contribution in [0.5, 0.6) is 0 Å². The molecule has 0 aromatic heterocycles. The average Bonchev–Trinajstić information content (AvgIpc) is 1.99. The second kappa shape index (κ2) is 5.70. The molecule has 0 radical (unpaired) electrons. The quantitative estimate of drug-likeness (QED) is 0.761. The van der Waals surface area contributed by atoms with E-state index in [1.807, 2.05) is 0 Å². The standard InChI is InChI=1S/C14H29NO/c1-8-11(9-2)12(16)15-14(6,7)10-13(3,4)5/h11H,8-10H2,1-7H3,(H,15,16). The van der Waals surface area contributed by atoms with E-state index in [1.165, 1.54) is 0 Å². The van der Waals surface area contributed by atoms with Crippen LogP contribution in [0.25, 0.3) is 0 Å². The summed E-state index contributed by atoms with van der Waals surface area (Å²) in [6, 6.07) is 0. The van der Waals surface area contributed by atoms with Crippen LogP contribution in [0.15, 0.2) is 0 Å². The number of carbonyl (C=O) groups is 1. The Morgan fingerprint density at radius 2 is 1.50 bits per heavy atom. The van der Waals surface area contributed by atoms with E-state index in [2.05, 4.69) is 53.8 Å². The van der Waals surface area contributed by atoms with Gasteiger partial charge in [0.2, 0.25) is 5.91 Å². The number of nitrogens with one attached hydrogen (secondary N) is 1. The van der Waals surface area contributed by atoms with Gasteiger partial charge in [-0.1, -0.05) is 34.6 Å². The van der Waals surface area contributed by atoms with Crippen LogP contribution in [0.2, 0.25) is 0 Å². The lowest BCUT2D eigenvalue weighted by Crippen LogP contribution is -2.48. The zero-order valence-electron chi connectivity index (χ0n) is 12.1. The van der Waals surface area contributed by atoms with Crippen LogP contribution < -0.4 is 5.32 Å². The number of hydrogen-bond donors (Lipinski definition) is 1. The van der Waals surface area contributed by atoms with Gasteiger partial charge >= 0.3 is 0 Å². The molecule has 0 spiro atoms. The van der Waals surface area contributed by atoms with E-state index in [0.29, 0.717) is 0 Å². The molecule has 0 heterocycles. The molecular weight excluding hydrogens is 198 g/mol. The minimum absolute atomic E-state index is 0.113. The van der Waals surface area contributed by atoms with Crippen molar-refractivity contribution in [2.75, 3.05) is 0 Å². The second-order valence-corrected chi connectivity index (χ2v) is 6.62. The summed E-state index contributed by atoms with van der Waals surface area (Å²) < 4.78 is 0. The highest BCUT2D eigenvalue weighted by atomic mass is 16.2. The molecule has 2 heteroatoms. The fraction of sp³-hybridized carbons (Fsp3) is 0.929. The molecule has 0 saturated heterocycles. The summed E-state index contributed by atoms with van der Waals surface area (Å²) in [7, 11) is 0. The van der Waals surface area contributed by atoms with E-state index in [4.69, 9.17) is 0 Å². The Morgan fingerprint density at radius 1 is 1.06 bits per heavy atom. The van der Waals surface area contributed by atoms with Crippen molar-refractivity contribution in [1.82, 2.24) is 5.32 Å². The maximum absolute atomic E-state index is 12.0. The van der Waals surface area contributed by atoms with Crippen molar-refractivity contribution in [1.29, 1.82) is 0 Å². The summed E-state index contributed by atoms with van der Waals surface area (Å²) in [5.74, 6) is 0.374. The van der Waals surface area contributed by atoms with Crippen molar-refractivity contribution in [3.05, 3.63) is 0 Å². The number of rotatable bonds is 5. The van der Waals surface area contributed by atoms with E-state index in [0.717, 1.165) is 19.3 Å². The van der Waals surface area contributed by atoms with Gasteiger partial charge in [0, 0.05) is 11.5 Å². The molecule has 2 nitrogen and oxygen atoms in total. The zero-order chi connectivity index (χ0) is 13.0. The molecule has 0 unspecified atom stereocenters. The Labute approximate surface area is 101 Å². The summed E-state index contributed by atoms with van der Waals surface area (Å²) >= 11 is 0. The molecule has 0 aliphatic heterocycles. The molecular formula is C14H29NO. The van der Waals surface area contributed by atoms with Crippen molar-refractivity contribution in [3.63, 3.8) is 0 Å². The third-order valence-corrected chi connectivity index (χ3v) is 2.79. The van der Waals surface area contributed by atoms with Crippen molar-refractivity contribution >= 4 is 5.91 Å². The van der Waals surface area contributed by atoms with Crippen LogP contribution in [-0.2, 0) is 4.79 Å². The molecule has 0 rings (SSSR count). The zero-order valence-corrected chi connectivity index (χ0v) is 12.1. The highest BCUT2D eigenvalue weighted by Crippen LogP contribution is 2.27. The van der Waals surface area contributed by atoms with Gasteiger partial charge in [0.1, 0.15) is 0 Å². The Kier molecular flexibility index (Phi) is 5.51. The van der Waals surface area contributed by atoms with E-state index >= 15 is 0 Å². The summed E-state index contributed by atoms with van der Waals surface area (Å²) in [5.41, 5.74) is 0.128. The first kappa shape index (κ1) is 15.5. The van der Waals surface area contributed by atoms with Gasteiger partial charge in [-0.15, -0.1) is 0 Å². The van der Waals surface area contributed by atoms with Gasteiger partial charge in [-0.3, -0.25) is 4.79 Å². The molecule has 0 atom stereocenters. The largest absolute Gasteiger partial charge is 0.351 e. The predicted octanol–water partition coefficient (Wildman–Crippen LogP) is 3.75. The van der Waals surface area contributed by atoms with Crippen LogP contribution in [0.1, 0.15) is 67.7 Å². The van der Waals surface area contributed by atoms with Crippen molar-refractivity contribution in [3.8, 4) is 0 Å².